The number of halogens is 2. The van der Waals surface area contributed by atoms with Crippen LogP contribution in [0.15, 0.2) is 24.3 Å². The Morgan fingerprint density at radius 2 is 2.19 bits per heavy atom. The number of rotatable bonds is 5. The van der Waals surface area contributed by atoms with Crippen molar-refractivity contribution in [3.8, 4) is 5.75 Å². The van der Waals surface area contributed by atoms with Crippen LogP contribution in [0.4, 0.5) is 8.78 Å². The molecule has 0 bridgehead atoms. The maximum Gasteiger partial charge on any atom is 0.126 e. The third-order valence-electron chi connectivity index (χ3n) is 2.72. The van der Waals surface area contributed by atoms with Crippen molar-refractivity contribution in [2.45, 2.75) is 0 Å². The van der Waals surface area contributed by atoms with Gasteiger partial charge < -0.3 is 4.74 Å². The molecule has 0 aromatic heterocycles. The third kappa shape index (κ3) is 2.92. The smallest absolute Gasteiger partial charge is 0.126 e. The van der Waals surface area contributed by atoms with Crippen molar-refractivity contribution < 1.29 is 13.5 Å². The van der Waals surface area contributed by atoms with Gasteiger partial charge in [-0.05, 0) is 12.1 Å². The zero-order valence-electron chi connectivity index (χ0n) is 9.03. The maximum absolute atomic E-state index is 12.8. The Balaban J connectivity index is 1.65. The number of nitrogens with zero attached hydrogens (tertiary/aromatic N) is 1. The first-order chi connectivity index (χ1) is 7.78. The van der Waals surface area contributed by atoms with Crippen molar-refractivity contribution >= 4 is 0 Å². The van der Waals surface area contributed by atoms with Gasteiger partial charge in [-0.3, -0.25) is 9.29 Å². The fraction of sp³-hybridized carbons (Fsp3) is 0.500. The molecule has 0 radical (unpaired) electrons. The SMILES string of the molecule is FCC1CN(CCOc2cccc(F)c2)C1. The van der Waals surface area contributed by atoms with E-state index in [1.807, 2.05) is 0 Å². The van der Waals surface area contributed by atoms with Crippen molar-refractivity contribution in [1.82, 2.24) is 4.90 Å². The quantitative estimate of drug-likeness (QED) is 0.763. The van der Waals surface area contributed by atoms with Crippen LogP contribution in [0, 0.1) is 11.7 Å². The van der Waals surface area contributed by atoms with Crippen molar-refractivity contribution in [2.24, 2.45) is 5.92 Å². The highest BCUT2D eigenvalue weighted by Crippen LogP contribution is 2.16. The molecule has 0 saturated carbocycles. The van der Waals surface area contributed by atoms with Gasteiger partial charge in [0.15, 0.2) is 0 Å². The summed E-state index contributed by atoms with van der Waals surface area (Å²) in [6.45, 7) is 2.67. The van der Waals surface area contributed by atoms with E-state index >= 15 is 0 Å². The van der Waals surface area contributed by atoms with Gasteiger partial charge in [-0.1, -0.05) is 6.07 Å². The van der Waals surface area contributed by atoms with Gasteiger partial charge in [0.1, 0.15) is 18.2 Å². The molecule has 16 heavy (non-hydrogen) atoms. The van der Waals surface area contributed by atoms with Crippen LogP contribution in [0.5, 0.6) is 5.75 Å². The second kappa shape index (κ2) is 5.25. The fourth-order valence-corrected chi connectivity index (χ4v) is 1.81. The zero-order chi connectivity index (χ0) is 11.4. The summed E-state index contributed by atoms with van der Waals surface area (Å²) >= 11 is 0. The second-order valence-corrected chi connectivity index (χ2v) is 4.09. The Kier molecular flexibility index (Phi) is 3.72. The lowest BCUT2D eigenvalue weighted by Crippen LogP contribution is -2.49. The lowest BCUT2D eigenvalue weighted by molar-refractivity contribution is 0.0668. The van der Waals surface area contributed by atoms with E-state index in [1.165, 1.54) is 12.1 Å². The van der Waals surface area contributed by atoms with Gasteiger partial charge >= 0.3 is 0 Å². The highest BCUT2D eigenvalue weighted by Gasteiger charge is 2.25. The number of benzene rings is 1. The number of likely N-dealkylation sites (tertiary alicyclic amines) is 1. The van der Waals surface area contributed by atoms with E-state index in [2.05, 4.69) is 4.90 Å². The first-order valence-electron chi connectivity index (χ1n) is 5.44. The summed E-state index contributed by atoms with van der Waals surface area (Å²) in [5.74, 6) is 0.454. The fourth-order valence-electron chi connectivity index (χ4n) is 1.81. The normalized spacial score (nSPS) is 17.1. The van der Waals surface area contributed by atoms with E-state index in [4.69, 9.17) is 4.74 Å². The van der Waals surface area contributed by atoms with Crippen LogP contribution in [0.1, 0.15) is 0 Å². The summed E-state index contributed by atoms with van der Waals surface area (Å²) in [4.78, 5) is 2.13. The average Bonchev–Trinajstić information content (AvgIpc) is 2.21. The second-order valence-electron chi connectivity index (χ2n) is 4.09. The molecular formula is C12H15F2NO. The summed E-state index contributed by atoms with van der Waals surface area (Å²) in [7, 11) is 0. The Hall–Kier alpha value is -1.16. The molecule has 0 unspecified atom stereocenters. The lowest BCUT2D eigenvalue weighted by atomic mass is 10.0. The Labute approximate surface area is 93.8 Å². The molecule has 0 amide bonds. The minimum Gasteiger partial charge on any atom is -0.492 e. The van der Waals surface area contributed by atoms with Gasteiger partial charge in [0, 0.05) is 31.6 Å². The lowest BCUT2D eigenvalue weighted by Gasteiger charge is -2.37. The molecular weight excluding hydrogens is 212 g/mol. The monoisotopic (exact) mass is 227 g/mol. The first kappa shape index (κ1) is 11.3. The molecule has 4 heteroatoms. The van der Waals surface area contributed by atoms with Crippen LogP contribution in [0.2, 0.25) is 0 Å². The molecule has 0 atom stereocenters. The highest BCUT2D eigenvalue weighted by molar-refractivity contribution is 5.22. The molecule has 0 spiro atoms. The largest absolute Gasteiger partial charge is 0.492 e. The Morgan fingerprint density at radius 1 is 1.38 bits per heavy atom. The van der Waals surface area contributed by atoms with E-state index < -0.39 is 0 Å². The van der Waals surface area contributed by atoms with E-state index in [0.29, 0.717) is 12.4 Å². The number of alkyl halides is 1. The van der Waals surface area contributed by atoms with E-state index in [-0.39, 0.29) is 18.4 Å². The highest BCUT2D eigenvalue weighted by atomic mass is 19.1. The van der Waals surface area contributed by atoms with E-state index in [9.17, 15) is 8.78 Å². The molecule has 1 fully saturated rings. The molecule has 0 aliphatic carbocycles. The molecule has 1 heterocycles. The molecule has 1 aliphatic rings. The van der Waals surface area contributed by atoms with Gasteiger partial charge in [0.25, 0.3) is 0 Å². The van der Waals surface area contributed by atoms with Crippen LogP contribution in [-0.4, -0.2) is 37.8 Å². The average molecular weight is 227 g/mol. The Bertz CT molecular complexity index is 340. The van der Waals surface area contributed by atoms with Gasteiger partial charge in [-0.2, -0.15) is 0 Å². The van der Waals surface area contributed by atoms with Crippen LogP contribution in [0.3, 0.4) is 0 Å². The van der Waals surface area contributed by atoms with Crippen LogP contribution in [-0.2, 0) is 0 Å². The van der Waals surface area contributed by atoms with Crippen LogP contribution < -0.4 is 4.74 Å². The Morgan fingerprint density at radius 3 is 2.88 bits per heavy atom. The first-order valence-corrected chi connectivity index (χ1v) is 5.44. The summed E-state index contributed by atoms with van der Waals surface area (Å²) in [6.07, 6.45) is 0. The van der Waals surface area contributed by atoms with Crippen LogP contribution in [0.25, 0.3) is 0 Å². The van der Waals surface area contributed by atoms with Gasteiger partial charge in [-0.15, -0.1) is 0 Å². The third-order valence-corrected chi connectivity index (χ3v) is 2.72. The van der Waals surface area contributed by atoms with E-state index in [0.717, 1.165) is 19.6 Å². The van der Waals surface area contributed by atoms with Gasteiger partial charge in [-0.25, -0.2) is 4.39 Å². The molecule has 1 aromatic carbocycles. The number of hydrogen-bond acceptors (Lipinski definition) is 2. The van der Waals surface area contributed by atoms with E-state index in [1.54, 1.807) is 12.1 Å². The summed E-state index contributed by atoms with van der Waals surface area (Å²) in [6, 6.07) is 6.09. The molecule has 0 N–H and O–H groups in total. The van der Waals surface area contributed by atoms with Gasteiger partial charge in [0.2, 0.25) is 0 Å². The molecule has 88 valence electrons. The standard InChI is InChI=1S/C12H15F2NO/c13-7-10-8-15(9-10)4-5-16-12-3-1-2-11(14)6-12/h1-3,6,10H,4-5,7-9H2. The van der Waals surface area contributed by atoms with Crippen molar-refractivity contribution in [2.75, 3.05) is 32.9 Å². The topological polar surface area (TPSA) is 12.5 Å². The van der Waals surface area contributed by atoms with Crippen LogP contribution >= 0.6 is 0 Å². The molecule has 2 nitrogen and oxygen atoms in total. The molecule has 2 rings (SSSR count). The van der Waals surface area contributed by atoms with Crippen molar-refractivity contribution in [1.29, 1.82) is 0 Å². The predicted octanol–water partition coefficient (Wildman–Crippen LogP) is 2.11. The zero-order valence-corrected chi connectivity index (χ0v) is 9.03. The minimum absolute atomic E-state index is 0.203. The van der Waals surface area contributed by atoms with Crippen molar-refractivity contribution in [3.63, 3.8) is 0 Å². The maximum atomic E-state index is 12.8. The molecule has 1 saturated heterocycles. The molecule has 1 aliphatic heterocycles. The number of hydrogen-bond donors (Lipinski definition) is 0. The van der Waals surface area contributed by atoms with Gasteiger partial charge in [0.05, 0.1) is 6.67 Å². The molecule has 1 aromatic rings. The predicted molar refractivity (Wildman–Crippen MR) is 57.8 cm³/mol. The van der Waals surface area contributed by atoms with Crippen molar-refractivity contribution in [3.05, 3.63) is 30.1 Å². The summed E-state index contributed by atoms with van der Waals surface area (Å²) in [5.41, 5.74) is 0. The minimum atomic E-state index is -0.293. The summed E-state index contributed by atoms with van der Waals surface area (Å²) < 4.78 is 30.3. The summed E-state index contributed by atoms with van der Waals surface area (Å²) in [5, 5.41) is 0. The number of ether oxygens (including phenoxy) is 1.